The molecule has 0 fully saturated rings. The standard InChI is InChI=1S/C15H22N2O4/c1-4-6-13(16-14(10(2)3)15(18)19)11-7-5-8-12(9-11)17(20)21/h5,7-10,13-14,16H,4,6H2,1-3H3,(H,18,19). The summed E-state index contributed by atoms with van der Waals surface area (Å²) in [5.41, 5.74) is 0.768. The molecule has 0 amide bonds. The van der Waals surface area contributed by atoms with E-state index in [1.54, 1.807) is 12.1 Å². The number of hydrogen-bond donors (Lipinski definition) is 2. The molecule has 0 saturated carbocycles. The van der Waals surface area contributed by atoms with Gasteiger partial charge in [0.15, 0.2) is 0 Å². The van der Waals surface area contributed by atoms with Gasteiger partial charge in [-0.15, -0.1) is 0 Å². The fourth-order valence-corrected chi connectivity index (χ4v) is 2.26. The Hall–Kier alpha value is -1.95. The van der Waals surface area contributed by atoms with E-state index < -0.39 is 16.9 Å². The van der Waals surface area contributed by atoms with Crippen LogP contribution in [0.15, 0.2) is 24.3 Å². The second-order valence-corrected chi connectivity index (χ2v) is 5.42. The van der Waals surface area contributed by atoms with E-state index in [-0.39, 0.29) is 17.6 Å². The molecule has 6 heteroatoms. The van der Waals surface area contributed by atoms with Gasteiger partial charge in [0.1, 0.15) is 6.04 Å². The zero-order valence-electron chi connectivity index (χ0n) is 12.6. The lowest BCUT2D eigenvalue weighted by atomic mass is 9.97. The molecule has 0 aromatic heterocycles. The molecule has 0 bridgehead atoms. The average molecular weight is 294 g/mol. The molecule has 0 spiro atoms. The van der Waals surface area contributed by atoms with Crippen LogP contribution in [0.1, 0.15) is 45.2 Å². The molecule has 0 aliphatic rings. The summed E-state index contributed by atoms with van der Waals surface area (Å²) in [5.74, 6) is -0.975. The van der Waals surface area contributed by atoms with Crippen LogP contribution in [-0.2, 0) is 4.79 Å². The predicted molar refractivity (Wildman–Crippen MR) is 80.1 cm³/mol. The Morgan fingerprint density at radius 1 is 1.43 bits per heavy atom. The van der Waals surface area contributed by atoms with Gasteiger partial charge in [0.25, 0.3) is 5.69 Å². The molecule has 0 aliphatic heterocycles. The summed E-state index contributed by atoms with van der Waals surface area (Å²) < 4.78 is 0. The third-order valence-corrected chi connectivity index (χ3v) is 3.37. The highest BCUT2D eigenvalue weighted by molar-refractivity contribution is 5.73. The second-order valence-electron chi connectivity index (χ2n) is 5.42. The van der Waals surface area contributed by atoms with Crippen molar-refractivity contribution in [1.82, 2.24) is 5.32 Å². The van der Waals surface area contributed by atoms with Gasteiger partial charge in [-0.3, -0.25) is 20.2 Å². The Labute approximate surface area is 124 Å². The highest BCUT2D eigenvalue weighted by atomic mass is 16.6. The van der Waals surface area contributed by atoms with Crippen molar-refractivity contribution in [2.24, 2.45) is 5.92 Å². The van der Waals surface area contributed by atoms with Crippen LogP contribution in [-0.4, -0.2) is 22.0 Å². The van der Waals surface area contributed by atoms with Gasteiger partial charge in [-0.2, -0.15) is 0 Å². The van der Waals surface area contributed by atoms with Crippen LogP contribution >= 0.6 is 0 Å². The smallest absolute Gasteiger partial charge is 0.320 e. The Bertz CT molecular complexity index is 502. The quantitative estimate of drug-likeness (QED) is 0.567. The first-order chi connectivity index (χ1) is 9.86. The minimum atomic E-state index is -0.906. The van der Waals surface area contributed by atoms with Crippen molar-refractivity contribution in [3.05, 3.63) is 39.9 Å². The lowest BCUT2D eigenvalue weighted by Gasteiger charge is -2.25. The molecular weight excluding hydrogens is 272 g/mol. The minimum absolute atomic E-state index is 0.0202. The van der Waals surface area contributed by atoms with Crippen molar-refractivity contribution >= 4 is 11.7 Å². The monoisotopic (exact) mass is 294 g/mol. The van der Waals surface area contributed by atoms with Crippen molar-refractivity contribution < 1.29 is 14.8 Å². The number of nitrogens with zero attached hydrogens (tertiary/aromatic N) is 1. The Morgan fingerprint density at radius 3 is 2.57 bits per heavy atom. The Kier molecular flexibility index (Phi) is 6.30. The molecular formula is C15H22N2O4. The van der Waals surface area contributed by atoms with Gasteiger partial charge in [0.2, 0.25) is 0 Å². The molecule has 0 radical (unpaired) electrons. The van der Waals surface area contributed by atoms with Crippen LogP contribution < -0.4 is 5.32 Å². The number of nitrogens with one attached hydrogen (secondary N) is 1. The van der Waals surface area contributed by atoms with Crippen molar-refractivity contribution in [3.8, 4) is 0 Å². The summed E-state index contributed by atoms with van der Waals surface area (Å²) in [7, 11) is 0. The van der Waals surface area contributed by atoms with Gasteiger partial charge in [-0.05, 0) is 17.9 Å². The number of carbonyl (C=O) groups is 1. The molecule has 0 aliphatic carbocycles. The summed E-state index contributed by atoms with van der Waals surface area (Å²) in [6, 6.07) is 5.47. The number of rotatable bonds is 8. The Balaban J connectivity index is 3.03. The van der Waals surface area contributed by atoms with Gasteiger partial charge >= 0.3 is 5.97 Å². The van der Waals surface area contributed by atoms with Gasteiger partial charge in [0, 0.05) is 18.2 Å². The molecule has 21 heavy (non-hydrogen) atoms. The molecule has 0 heterocycles. The number of nitro benzene ring substituents is 1. The third kappa shape index (κ3) is 4.82. The normalized spacial score (nSPS) is 13.9. The van der Waals surface area contributed by atoms with Crippen LogP contribution in [0.4, 0.5) is 5.69 Å². The molecule has 1 aromatic carbocycles. The summed E-state index contributed by atoms with van der Waals surface area (Å²) in [6.45, 7) is 5.67. The number of carboxylic acid groups (broad SMARTS) is 1. The van der Waals surface area contributed by atoms with E-state index in [4.69, 9.17) is 0 Å². The highest BCUT2D eigenvalue weighted by Crippen LogP contribution is 2.24. The molecule has 1 aromatic rings. The summed E-state index contributed by atoms with van der Waals surface area (Å²) in [6.07, 6.45) is 1.57. The van der Waals surface area contributed by atoms with E-state index in [0.29, 0.717) is 0 Å². The first-order valence-corrected chi connectivity index (χ1v) is 7.10. The summed E-state index contributed by atoms with van der Waals surface area (Å²) >= 11 is 0. The van der Waals surface area contributed by atoms with Gasteiger partial charge in [0.05, 0.1) is 4.92 Å². The van der Waals surface area contributed by atoms with Crippen LogP contribution in [0.2, 0.25) is 0 Å². The number of carboxylic acids is 1. The molecule has 6 nitrogen and oxygen atoms in total. The molecule has 2 atom stereocenters. The highest BCUT2D eigenvalue weighted by Gasteiger charge is 2.25. The molecule has 116 valence electrons. The van der Waals surface area contributed by atoms with Crippen molar-refractivity contribution in [2.75, 3.05) is 0 Å². The van der Waals surface area contributed by atoms with Crippen LogP contribution in [0.25, 0.3) is 0 Å². The van der Waals surface area contributed by atoms with E-state index in [1.807, 2.05) is 20.8 Å². The molecule has 1 rings (SSSR count). The average Bonchev–Trinajstić information content (AvgIpc) is 2.42. The number of aliphatic carboxylic acids is 1. The van der Waals surface area contributed by atoms with E-state index in [0.717, 1.165) is 18.4 Å². The lowest BCUT2D eigenvalue weighted by molar-refractivity contribution is -0.384. The summed E-state index contributed by atoms with van der Waals surface area (Å²) in [5, 5.41) is 23.3. The van der Waals surface area contributed by atoms with Gasteiger partial charge < -0.3 is 5.11 Å². The lowest BCUT2D eigenvalue weighted by Crippen LogP contribution is -2.42. The maximum absolute atomic E-state index is 11.3. The largest absolute Gasteiger partial charge is 0.480 e. The molecule has 2 N–H and O–H groups in total. The SMILES string of the molecule is CCCC(NC(C(=O)O)C(C)C)c1cccc([N+](=O)[O-])c1. The Morgan fingerprint density at radius 2 is 2.10 bits per heavy atom. The maximum atomic E-state index is 11.3. The van der Waals surface area contributed by atoms with Crippen LogP contribution in [0, 0.1) is 16.0 Å². The van der Waals surface area contributed by atoms with Gasteiger partial charge in [-0.1, -0.05) is 39.3 Å². The number of benzene rings is 1. The number of non-ortho nitro benzene ring substituents is 1. The van der Waals surface area contributed by atoms with E-state index >= 15 is 0 Å². The fourth-order valence-electron chi connectivity index (χ4n) is 2.26. The van der Waals surface area contributed by atoms with Crippen molar-refractivity contribution in [3.63, 3.8) is 0 Å². The predicted octanol–water partition coefficient (Wildman–Crippen LogP) is 3.13. The molecule has 0 saturated heterocycles. The fraction of sp³-hybridized carbons (Fsp3) is 0.533. The van der Waals surface area contributed by atoms with Crippen molar-refractivity contribution in [1.29, 1.82) is 0 Å². The zero-order valence-corrected chi connectivity index (χ0v) is 12.6. The number of nitro groups is 1. The summed E-state index contributed by atoms with van der Waals surface area (Å²) in [4.78, 5) is 21.7. The van der Waals surface area contributed by atoms with E-state index in [2.05, 4.69) is 5.32 Å². The molecule has 2 unspecified atom stereocenters. The topological polar surface area (TPSA) is 92.5 Å². The van der Waals surface area contributed by atoms with Crippen LogP contribution in [0.3, 0.4) is 0 Å². The number of hydrogen-bond acceptors (Lipinski definition) is 4. The second kappa shape index (κ2) is 7.73. The minimum Gasteiger partial charge on any atom is -0.480 e. The first kappa shape index (κ1) is 17.1. The van der Waals surface area contributed by atoms with E-state index in [9.17, 15) is 20.0 Å². The van der Waals surface area contributed by atoms with Gasteiger partial charge in [-0.25, -0.2) is 0 Å². The van der Waals surface area contributed by atoms with E-state index in [1.165, 1.54) is 12.1 Å². The zero-order chi connectivity index (χ0) is 16.0. The van der Waals surface area contributed by atoms with Crippen LogP contribution in [0.5, 0.6) is 0 Å². The first-order valence-electron chi connectivity index (χ1n) is 7.10. The van der Waals surface area contributed by atoms with Crippen molar-refractivity contribution in [2.45, 2.75) is 45.7 Å². The third-order valence-electron chi connectivity index (χ3n) is 3.37. The maximum Gasteiger partial charge on any atom is 0.320 e.